The number of fused-ring (bicyclic) bond motifs is 4. The number of hydrogen-bond acceptors (Lipinski definition) is 6. The van der Waals surface area contributed by atoms with E-state index in [1.54, 1.807) is 13.8 Å². The van der Waals surface area contributed by atoms with Crippen molar-refractivity contribution < 1.29 is 31.2 Å². The van der Waals surface area contributed by atoms with E-state index in [2.05, 4.69) is 4.79 Å². The zero-order valence-electron chi connectivity index (χ0n) is 18.8. The topological polar surface area (TPSA) is 139 Å². The van der Waals surface area contributed by atoms with Gasteiger partial charge in [0.1, 0.15) is 10.5 Å². The second kappa shape index (κ2) is 5.94. The number of sulfone groups is 2. The minimum absolute atomic E-state index is 0.466. The zero-order valence-corrected chi connectivity index (χ0v) is 20.4. The summed E-state index contributed by atoms with van der Waals surface area (Å²) in [4.78, 5) is 29.1. The van der Waals surface area contributed by atoms with Crippen LogP contribution in [0.2, 0.25) is 0 Å². The minimum Gasteiger partial charge on any atom is -0.359 e. The molecular weight excluding hydrogens is 440 g/mol. The van der Waals surface area contributed by atoms with Gasteiger partial charge in [-0.1, -0.05) is 41.5 Å². The van der Waals surface area contributed by atoms with Gasteiger partial charge in [0.05, 0.1) is 0 Å². The van der Waals surface area contributed by atoms with Crippen molar-refractivity contribution in [3.8, 4) is 0 Å². The smallest absolute Gasteiger partial charge is 0.359 e. The molecule has 0 aliphatic heterocycles. The van der Waals surface area contributed by atoms with E-state index >= 15 is 0 Å². The van der Waals surface area contributed by atoms with Crippen LogP contribution in [0.4, 0.5) is 0 Å². The Balaban J connectivity index is 1.81. The molecule has 0 aromatic carbocycles. The number of rotatable bonds is 2. The number of hydrogen-bond donors (Lipinski definition) is 0. The summed E-state index contributed by atoms with van der Waals surface area (Å²) in [7, 11) is -9.64. The molecule has 172 valence electrons. The molecule has 0 saturated heterocycles. The predicted molar refractivity (Wildman–Crippen MR) is 113 cm³/mol. The van der Waals surface area contributed by atoms with E-state index in [4.69, 9.17) is 0 Å². The van der Waals surface area contributed by atoms with Crippen molar-refractivity contribution in [3.05, 3.63) is 5.53 Å². The first kappa shape index (κ1) is 22.8. The molecular formula is C21H30N2O6S2. The molecule has 0 N–H and O–H groups in total. The SMILES string of the molecule is CC12CCC(C(S(=O)(=O)C(=[N+]=[N-])S(=O)(=O)C3C(=O)C4(C)CCC3C4(C)C)C1=O)C2(C)C. The molecule has 0 amide bonds. The summed E-state index contributed by atoms with van der Waals surface area (Å²) in [6.45, 7) is 10.7. The van der Waals surface area contributed by atoms with Gasteiger partial charge >= 0.3 is 4.38 Å². The quantitative estimate of drug-likeness (QED) is 0.262. The summed E-state index contributed by atoms with van der Waals surface area (Å²) in [5.74, 6) is -2.22. The first-order valence-electron chi connectivity index (χ1n) is 10.7. The van der Waals surface area contributed by atoms with Crippen molar-refractivity contribution in [3.63, 3.8) is 0 Å². The average Bonchev–Trinajstić information content (AvgIpc) is 3.12. The van der Waals surface area contributed by atoms with Gasteiger partial charge < -0.3 is 5.53 Å². The average molecular weight is 471 g/mol. The van der Waals surface area contributed by atoms with Gasteiger partial charge in [0, 0.05) is 10.8 Å². The molecule has 4 bridgehead atoms. The molecule has 0 aromatic rings. The minimum atomic E-state index is -4.82. The van der Waals surface area contributed by atoms with E-state index in [1.165, 1.54) is 0 Å². The molecule has 4 rings (SSSR count). The maximum absolute atomic E-state index is 13.5. The van der Waals surface area contributed by atoms with Crippen LogP contribution in [0, 0.1) is 33.5 Å². The molecule has 0 radical (unpaired) electrons. The summed E-state index contributed by atoms with van der Waals surface area (Å²) in [6.07, 6.45) is 2.00. The van der Waals surface area contributed by atoms with Gasteiger partial charge in [-0.15, -0.1) is 4.79 Å². The highest BCUT2D eigenvalue weighted by Gasteiger charge is 2.75. The monoisotopic (exact) mass is 470 g/mol. The van der Waals surface area contributed by atoms with E-state index in [9.17, 15) is 32.0 Å². The van der Waals surface area contributed by atoms with Crippen molar-refractivity contribution in [1.82, 2.24) is 0 Å². The summed E-state index contributed by atoms with van der Waals surface area (Å²) in [5.41, 5.74) is 6.57. The Bertz CT molecular complexity index is 1090. The van der Waals surface area contributed by atoms with Crippen LogP contribution in [0.25, 0.3) is 5.53 Å². The van der Waals surface area contributed by atoms with Crippen LogP contribution in [-0.2, 0) is 29.3 Å². The highest BCUT2D eigenvalue weighted by Crippen LogP contribution is 2.66. The molecule has 31 heavy (non-hydrogen) atoms. The summed E-state index contributed by atoms with van der Waals surface area (Å²) >= 11 is 0. The van der Waals surface area contributed by atoms with Crippen molar-refractivity contribution >= 4 is 35.6 Å². The van der Waals surface area contributed by atoms with Crippen LogP contribution in [0.1, 0.15) is 67.2 Å². The molecule has 0 heterocycles. The highest BCUT2D eigenvalue weighted by atomic mass is 32.3. The first-order chi connectivity index (χ1) is 13.9. The second-order valence-corrected chi connectivity index (χ2v) is 15.7. The molecule has 10 heteroatoms. The molecule has 0 aromatic heterocycles. The Morgan fingerprint density at radius 1 is 0.774 bits per heavy atom. The van der Waals surface area contributed by atoms with Crippen LogP contribution in [0.5, 0.6) is 0 Å². The first-order valence-corrected chi connectivity index (χ1v) is 13.8. The van der Waals surface area contributed by atoms with Crippen LogP contribution in [0.3, 0.4) is 0 Å². The number of carbonyl (C=O) groups excluding carboxylic acids is 2. The lowest BCUT2D eigenvalue weighted by Gasteiger charge is -2.32. The van der Waals surface area contributed by atoms with E-state index in [-0.39, 0.29) is 0 Å². The number of Topliss-reactive ketones (excluding diaryl/α,β-unsaturated/α-hetero) is 2. The maximum Gasteiger partial charge on any atom is 0.496 e. The van der Waals surface area contributed by atoms with Gasteiger partial charge in [-0.2, -0.15) is 0 Å². The van der Waals surface area contributed by atoms with Crippen LogP contribution >= 0.6 is 0 Å². The van der Waals surface area contributed by atoms with E-state index in [0.717, 1.165) is 0 Å². The van der Waals surface area contributed by atoms with E-state index < -0.39 is 79.6 Å². The van der Waals surface area contributed by atoms with Crippen molar-refractivity contribution in [1.29, 1.82) is 0 Å². The Morgan fingerprint density at radius 3 is 1.32 bits per heavy atom. The molecule has 0 spiro atoms. The number of carbonyl (C=O) groups is 2. The van der Waals surface area contributed by atoms with Gasteiger partial charge in [-0.25, -0.2) is 16.8 Å². The predicted octanol–water partition coefficient (Wildman–Crippen LogP) is 2.19. The third kappa shape index (κ3) is 2.27. The lowest BCUT2D eigenvalue weighted by molar-refractivity contribution is -0.128. The van der Waals surface area contributed by atoms with Gasteiger partial charge in [-0.05, 0) is 48.3 Å². The lowest BCUT2D eigenvalue weighted by Crippen LogP contribution is -2.49. The van der Waals surface area contributed by atoms with Gasteiger partial charge in [0.15, 0.2) is 11.6 Å². The molecule has 8 nitrogen and oxygen atoms in total. The standard InChI is InChI=1S/C21H30N2O6S2/c1-18(2)11-7-9-20(18,5)15(24)13(11)30(26,27)17(23-22)31(28,29)14-12-8-10-21(6,16(14)25)19(12,3)4/h11-14H,7-10H2,1-6H3. The van der Waals surface area contributed by atoms with Crippen LogP contribution < -0.4 is 0 Å². The van der Waals surface area contributed by atoms with E-state index in [0.29, 0.717) is 25.7 Å². The normalized spacial score (nSPS) is 42.8. The molecule has 6 unspecified atom stereocenters. The van der Waals surface area contributed by atoms with Crippen molar-refractivity contribution in [2.45, 2.75) is 77.7 Å². The fourth-order valence-corrected chi connectivity index (χ4v) is 12.7. The second-order valence-electron chi connectivity index (χ2n) is 11.4. The Labute approximate surface area is 183 Å². The largest absolute Gasteiger partial charge is 0.496 e. The molecule has 6 atom stereocenters. The highest BCUT2D eigenvalue weighted by molar-refractivity contribution is 8.31. The van der Waals surface area contributed by atoms with E-state index in [1.807, 2.05) is 27.7 Å². The Hall–Kier alpha value is -1.38. The van der Waals surface area contributed by atoms with Gasteiger partial charge in [0.2, 0.25) is 0 Å². The van der Waals surface area contributed by atoms with Crippen molar-refractivity contribution in [2.24, 2.45) is 33.5 Å². The summed E-state index contributed by atoms with van der Waals surface area (Å²) in [6, 6.07) is 0. The number of ketones is 2. The lowest BCUT2D eigenvalue weighted by atomic mass is 9.70. The van der Waals surface area contributed by atoms with Crippen molar-refractivity contribution in [2.75, 3.05) is 0 Å². The van der Waals surface area contributed by atoms with Crippen LogP contribution in [-0.4, -0.2) is 48.1 Å². The van der Waals surface area contributed by atoms with Crippen LogP contribution in [0.15, 0.2) is 0 Å². The molecule has 4 saturated carbocycles. The van der Waals surface area contributed by atoms with Gasteiger partial charge in [-0.3, -0.25) is 9.59 Å². The zero-order chi connectivity index (χ0) is 23.6. The maximum atomic E-state index is 13.5. The summed E-state index contributed by atoms with van der Waals surface area (Å²) in [5, 5.41) is -3.17. The van der Waals surface area contributed by atoms with Gasteiger partial charge in [0.25, 0.3) is 19.7 Å². The molecule has 4 aliphatic carbocycles. The number of nitrogens with zero attached hydrogens (tertiary/aromatic N) is 2. The Kier molecular flexibility index (Phi) is 4.37. The summed E-state index contributed by atoms with van der Waals surface area (Å²) < 4.78 is 52.8. The molecule has 4 fully saturated rings. The fraction of sp³-hybridized carbons (Fsp3) is 0.857. The third-order valence-corrected chi connectivity index (χ3v) is 15.1. The third-order valence-electron chi connectivity index (χ3n) is 10.2. The molecule has 4 aliphatic rings. The Morgan fingerprint density at radius 2 is 1.10 bits per heavy atom. The fourth-order valence-electron chi connectivity index (χ4n) is 7.21.